The van der Waals surface area contributed by atoms with Gasteiger partial charge in [0.05, 0.1) is 5.41 Å². The number of hydrogen-bond acceptors (Lipinski definition) is 1. The topological polar surface area (TPSA) is 29.1 Å². The van der Waals surface area contributed by atoms with Gasteiger partial charge in [0.25, 0.3) is 0 Å². The monoisotopic (exact) mass is 329 g/mol. The summed E-state index contributed by atoms with van der Waals surface area (Å²) in [6, 6.07) is 0.250. The van der Waals surface area contributed by atoms with Crippen molar-refractivity contribution in [3.05, 3.63) is 0 Å². The largest absolute Gasteiger partial charge is 0.353 e. The van der Waals surface area contributed by atoms with E-state index in [4.69, 9.17) is 23.2 Å². The number of hydrogen-bond donors (Lipinski definition) is 1. The van der Waals surface area contributed by atoms with Crippen LogP contribution in [0.15, 0.2) is 0 Å². The fourth-order valence-corrected chi connectivity index (χ4v) is 6.57. The van der Waals surface area contributed by atoms with E-state index < -0.39 is 9.75 Å². The van der Waals surface area contributed by atoms with Gasteiger partial charge in [-0.15, -0.1) is 23.2 Å². The predicted octanol–water partition coefficient (Wildman–Crippen LogP) is 4.29. The average molecular weight is 330 g/mol. The molecule has 118 valence electrons. The van der Waals surface area contributed by atoms with Crippen molar-refractivity contribution in [2.24, 2.45) is 28.6 Å². The highest BCUT2D eigenvalue weighted by atomic mass is 35.5. The zero-order chi connectivity index (χ0) is 15.0. The minimum absolute atomic E-state index is 0.0516. The smallest absolute Gasteiger partial charge is 0.229 e. The van der Waals surface area contributed by atoms with E-state index in [-0.39, 0.29) is 11.9 Å². The minimum Gasteiger partial charge on any atom is -0.353 e. The summed E-state index contributed by atoms with van der Waals surface area (Å²) >= 11 is 12.3. The van der Waals surface area contributed by atoms with E-state index in [1.54, 1.807) is 0 Å². The summed E-state index contributed by atoms with van der Waals surface area (Å²) in [4.78, 5) is 12.6. The molecule has 1 N–H and O–H groups in total. The number of alkyl halides is 2. The highest BCUT2D eigenvalue weighted by Crippen LogP contribution is 2.65. The number of carbonyl (C=O) groups excluding carboxylic acids is 1. The molecule has 0 spiro atoms. The van der Waals surface area contributed by atoms with Crippen molar-refractivity contribution in [2.45, 2.75) is 69.2 Å². The van der Waals surface area contributed by atoms with Gasteiger partial charge in [-0.05, 0) is 82.0 Å². The first-order chi connectivity index (χ1) is 9.74. The second kappa shape index (κ2) is 4.32. The van der Waals surface area contributed by atoms with Crippen LogP contribution in [0.5, 0.6) is 0 Å². The third kappa shape index (κ3) is 2.08. The first-order valence-electron chi connectivity index (χ1n) is 8.43. The Morgan fingerprint density at radius 2 is 1.52 bits per heavy atom. The van der Waals surface area contributed by atoms with Crippen LogP contribution in [-0.2, 0) is 4.79 Å². The molecule has 5 fully saturated rings. The Morgan fingerprint density at radius 3 is 1.90 bits per heavy atom. The molecule has 0 radical (unpaired) electrons. The van der Waals surface area contributed by atoms with Crippen molar-refractivity contribution in [3.8, 4) is 0 Å². The summed E-state index contributed by atoms with van der Waals surface area (Å²) in [6.45, 7) is 4.09. The molecule has 0 aromatic heterocycles. The van der Waals surface area contributed by atoms with Gasteiger partial charge >= 0.3 is 0 Å². The lowest BCUT2D eigenvalue weighted by molar-refractivity contribution is -0.130. The van der Waals surface area contributed by atoms with Crippen LogP contribution >= 0.6 is 23.2 Å². The van der Waals surface area contributed by atoms with Crippen LogP contribution in [0.25, 0.3) is 0 Å². The molecular weight excluding hydrogens is 305 g/mol. The predicted molar refractivity (Wildman–Crippen MR) is 85.4 cm³/mol. The lowest BCUT2D eigenvalue weighted by atomic mass is 9.48. The zero-order valence-corrected chi connectivity index (χ0v) is 14.4. The Hall–Kier alpha value is 0.0500. The maximum absolute atomic E-state index is 12.6. The maximum Gasteiger partial charge on any atom is 0.229 e. The second-order valence-corrected chi connectivity index (χ2v) is 10.2. The van der Waals surface area contributed by atoms with Crippen LogP contribution in [0.2, 0.25) is 0 Å². The quantitative estimate of drug-likeness (QED) is 0.769. The van der Waals surface area contributed by atoms with Crippen LogP contribution in [-0.4, -0.2) is 16.3 Å². The van der Waals surface area contributed by atoms with Gasteiger partial charge < -0.3 is 5.32 Å². The van der Waals surface area contributed by atoms with Crippen molar-refractivity contribution in [1.29, 1.82) is 0 Å². The summed E-state index contributed by atoms with van der Waals surface area (Å²) in [5.41, 5.74) is -0.246. The summed E-state index contributed by atoms with van der Waals surface area (Å²) in [5, 5.41) is 3.29. The zero-order valence-electron chi connectivity index (χ0n) is 12.9. The standard InChI is InChI=1S/C17H25Cl2NO/c1-10(20-14(21)15(2)9-17(15,18)19)16-6-11-3-12(7-16)5-13(4-11)8-16/h10-13H,3-9H2,1-2H3,(H,20,21). The summed E-state index contributed by atoms with van der Waals surface area (Å²) in [7, 11) is 0. The molecule has 5 aliphatic carbocycles. The van der Waals surface area contributed by atoms with Crippen LogP contribution in [0.1, 0.15) is 58.8 Å². The minimum atomic E-state index is -0.863. The Morgan fingerprint density at radius 1 is 1.10 bits per heavy atom. The van der Waals surface area contributed by atoms with Crippen LogP contribution in [0, 0.1) is 28.6 Å². The normalized spacial score (nSPS) is 50.8. The third-order valence-electron chi connectivity index (χ3n) is 7.11. The van der Waals surface area contributed by atoms with Gasteiger partial charge in [-0.25, -0.2) is 0 Å². The number of carbonyl (C=O) groups is 1. The molecular formula is C17H25Cl2NO. The molecule has 0 heterocycles. The molecule has 2 atom stereocenters. The van der Waals surface area contributed by atoms with Crippen LogP contribution < -0.4 is 5.32 Å². The number of amides is 1. The van der Waals surface area contributed by atoms with E-state index in [2.05, 4.69) is 12.2 Å². The lowest BCUT2D eigenvalue weighted by Gasteiger charge is -2.59. The molecule has 5 saturated carbocycles. The van der Waals surface area contributed by atoms with Crippen molar-refractivity contribution in [2.75, 3.05) is 0 Å². The van der Waals surface area contributed by atoms with E-state index in [1.165, 1.54) is 38.5 Å². The summed E-state index contributed by atoms with van der Waals surface area (Å²) in [6.07, 6.45) is 8.80. The molecule has 2 unspecified atom stereocenters. The number of rotatable bonds is 3. The average Bonchev–Trinajstić information content (AvgIpc) is 2.88. The molecule has 0 saturated heterocycles. The van der Waals surface area contributed by atoms with Gasteiger partial charge in [0, 0.05) is 6.04 Å². The van der Waals surface area contributed by atoms with Gasteiger partial charge in [0.1, 0.15) is 4.33 Å². The summed E-state index contributed by atoms with van der Waals surface area (Å²) < 4.78 is -0.863. The Balaban J connectivity index is 1.48. The molecule has 4 bridgehead atoms. The highest BCUT2D eigenvalue weighted by molar-refractivity contribution is 6.53. The second-order valence-electron chi connectivity index (χ2n) is 8.69. The van der Waals surface area contributed by atoms with E-state index in [1.807, 2.05) is 6.92 Å². The first-order valence-corrected chi connectivity index (χ1v) is 9.18. The molecule has 21 heavy (non-hydrogen) atoms. The van der Waals surface area contributed by atoms with E-state index >= 15 is 0 Å². The van der Waals surface area contributed by atoms with Gasteiger partial charge in [-0.2, -0.15) is 0 Å². The van der Waals surface area contributed by atoms with Gasteiger partial charge in [0.15, 0.2) is 0 Å². The van der Waals surface area contributed by atoms with Gasteiger partial charge in [0.2, 0.25) is 5.91 Å². The molecule has 2 nitrogen and oxygen atoms in total. The van der Waals surface area contributed by atoms with E-state index in [0.717, 1.165) is 17.8 Å². The van der Waals surface area contributed by atoms with Crippen molar-refractivity contribution >= 4 is 29.1 Å². The SMILES string of the molecule is CC(NC(=O)C1(C)CC1(Cl)Cl)C12CC3CC(CC(C3)C1)C2. The summed E-state index contributed by atoms with van der Waals surface area (Å²) in [5.74, 6) is 2.78. The molecule has 0 aliphatic heterocycles. The molecule has 5 aliphatic rings. The first kappa shape index (κ1) is 14.6. The molecule has 0 aromatic rings. The van der Waals surface area contributed by atoms with Gasteiger partial charge in [-0.1, -0.05) is 0 Å². The van der Waals surface area contributed by atoms with Crippen molar-refractivity contribution in [1.82, 2.24) is 5.32 Å². The third-order valence-corrected chi connectivity index (χ3v) is 8.21. The Labute approximate surface area is 137 Å². The van der Waals surface area contributed by atoms with Crippen LogP contribution in [0.3, 0.4) is 0 Å². The fraction of sp³-hybridized carbons (Fsp3) is 0.941. The highest BCUT2D eigenvalue weighted by Gasteiger charge is 2.68. The maximum atomic E-state index is 12.6. The fourth-order valence-electron chi connectivity index (χ4n) is 5.86. The molecule has 0 aromatic carbocycles. The lowest BCUT2D eigenvalue weighted by Crippen LogP contribution is -2.56. The van der Waals surface area contributed by atoms with E-state index in [9.17, 15) is 4.79 Å². The van der Waals surface area contributed by atoms with Crippen LogP contribution in [0.4, 0.5) is 0 Å². The Bertz CT molecular complexity index is 454. The molecule has 4 heteroatoms. The molecule has 1 amide bonds. The van der Waals surface area contributed by atoms with Gasteiger partial charge in [-0.3, -0.25) is 4.79 Å². The van der Waals surface area contributed by atoms with Crippen molar-refractivity contribution in [3.63, 3.8) is 0 Å². The number of nitrogens with one attached hydrogen (secondary N) is 1. The Kier molecular flexibility index (Phi) is 3.01. The number of halogens is 2. The van der Waals surface area contributed by atoms with E-state index in [0.29, 0.717) is 11.8 Å². The molecule has 5 rings (SSSR count). The van der Waals surface area contributed by atoms with Crippen molar-refractivity contribution < 1.29 is 4.79 Å².